The van der Waals surface area contributed by atoms with Crippen molar-refractivity contribution >= 4 is 0 Å². The minimum atomic E-state index is -0.780. The maximum absolute atomic E-state index is 13.4. The smallest absolute Gasteiger partial charge is 0.168 e. The van der Waals surface area contributed by atoms with Gasteiger partial charge >= 0.3 is 0 Å². The molecule has 3 nitrogen and oxygen atoms in total. The molecule has 1 unspecified atom stereocenters. The lowest BCUT2D eigenvalue weighted by molar-refractivity contribution is 0.169. The highest BCUT2D eigenvalue weighted by molar-refractivity contribution is 5.31. The standard InChI is InChI=1S/C14H13F2NO2/c1-2-13(18)12-5-4-10(8-17-12)19-14-6-3-9(15)7-11(14)16/h3-8,13,18H,2H2,1H3. The minimum absolute atomic E-state index is 0.0769. The van der Waals surface area contributed by atoms with Crippen molar-refractivity contribution in [2.45, 2.75) is 19.4 Å². The van der Waals surface area contributed by atoms with E-state index in [1.165, 1.54) is 12.3 Å². The number of aliphatic hydroxyl groups excluding tert-OH is 1. The third-order valence-electron chi connectivity index (χ3n) is 2.61. The minimum Gasteiger partial charge on any atom is -0.453 e. The molecule has 0 aliphatic rings. The van der Waals surface area contributed by atoms with E-state index in [0.717, 1.165) is 12.1 Å². The van der Waals surface area contributed by atoms with Crippen LogP contribution in [0.2, 0.25) is 0 Å². The van der Waals surface area contributed by atoms with Crippen LogP contribution in [0.3, 0.4) is 0 Å². The second kappa shape index (κ2) is 5.75. The Morgan fingerprint density at radius 2 is 2.05 bits per heavy atom. The number of aromatic nitrogens is 1. The van der Waals surface area contributed by atoms with Crippen LogP contribution < -0.4 is 4.74 Å². The Balaban J connectivity index is 2.15. The molecule has 19 heavy (non-hydrogen) atoms. The Morgan fingerprint density at radius 3 is 2.63 bits per heavy atom. The van der Waals surface area contributed by atoms with Crippen LogP contribution >= 0.6 is 0 Å². The van der Waals surface area contributed by atoms with Gasteiger partial charge in [-0.15, -0.1) is 0 Å². The van der Waals surface area contributed by atoms with E-state index in [4.69, 9.17) is 4.74 Å². The van der Waals surface area contributed by atoms with E-state index in [0.29, 0.717) is 17.9 Å². The molecule has 1 aromatic carbocycles. The number of pyridine rings is 1. The summed E-state index contributed by atoms with van der Waals surface area (Å²) in [6, 6.07) is 6.24. The average molecular weight is 265 g/mol. The van der Waals surface area contributed by atoms with Gasteiger partial charge in [-0.3, -0.25) is 4.98 Å². The summed E-state index contributed by atoms with van der Waals surface area (Å²) in [6.45, 7) is 1.84. The first-order valence-electron chi connectivity index (χ1n) is 5.87. The van der Waals surface area contributed by atoms with Crippen molar-refractivity contribution in [1.82, 2.24) is 4.98 Å². The van der Waals surface area contributed by atoms with Crippen LogP contribution in [0.4, 0.5) is 8.78 Å². The Labute approximate surface area is 109 Å². The van der Waals surface area contributed by atoms with Crippen LogP contribution in [-0.4, -0.2) is 10.1 Å². The predicted molar refractivity (Wildman–Crippen MR) is 65.9 cm³/mol. The van der Waals surface area contributed by atoms with E-state index in [2.05, 4.69) is 4.98 Å². The molecule has 0 bridgehead atoms. The highest BCUT2D eigenvalue weighted by Crippen LogP contribution is 2.25. The van der Waals surface area contributed by atoms with Crippen LogP contribution in [0, 0.1) is 11.6 Å². The quantitative estimate of drug-likeness (QED) is 0.918. The van der Waals surface area contributed by atoms with Gasteiger partial charge in [0.05, 0.1) is 18.0 Å². The first kappa shape index (κ1) is 13.4. The molecular weight excluding hydrogens is 252 g/mol. The van der Waals surface area contributed by atoms with Gasteiger partial charge in [-0.1, -0.05) is 6.92 Å². The average Bonchev–Trinajstić information content (AvgIpc) is 2.42. The van der Waals surface area contributed by atoms with E-state index in [1.807, 2.05) is 6.92 Å². The van der Waals surface area contributed by atoms with Crippen LogP contribution in [0.1, 0.15) is 25.1 Å². The lowest BCUT2D eigenvalue weighted by Crippen LogP contribution is -1.98. The molecule has 1 N–H and O–H groups in total. The summed E-state index contributed by atoms with van der Waals surface area (Å²) in [5.74, 6) is -1.20. The van der Waals surface area contributed by atoms with Gasteiger partial charge in [0.1, 0.15) is 11.6 Å². The van der Waals surface area contributed by atoms with Crippen molar-refractivity contribution in [2.24, 2.45) is 0 Å². The Morgan fingerprint density at radius 1 is 1.26 bits per heavy atom. The monoisotopic (exact) mass is 265 g/mol. The van der Waals surface area contributed by atoms with Gasteiger partial charge < -0.3 is 9.84 Å². The summed E-state index contributed by atoms with van der Waals surface area (Å²) in [5.41, 5.74) is 0.523. The third-order valence-corrected chi connectivity index (χ3v) is 2.61. The molecule has 0 radical (unpaired) electrons. The summed E-state index contributed by atoms with van der Waals surface area (Å²) in [6.07, 6.45) is 1.31. The fourth-order valence-electron chi connectivity index (χ4n) is 1.54. The molecule has 0 spiro atoms. The van der Waals surface area contributed by atoms with Crippen LogP contribution in [0.15, 0.2) is 36.5 Å². The Hall–Kier alpha value is -2.01. The largest absolute Gasteiger partial charge is 0.453 e. The summed E-state index contributed by atoms with van der Waals surface area (Å²) >= 11 is 0. The second-order valence-electron chi connectivity index (χ2n) is 4.02. The molecule has 0 aliphatic heterocycles. The number of halogens is 2. The van der Waals surface area contributed by atoms with Gasteiger partial charge in [0.15, 0.2) is 11.6 Å². The Bertz CT molecular complexity index is 558. The fourth-order valence-corrected chi connectivity index (χ4v) is 1.54. The highest BCUT2D eigenvalue weighted by Gasteiger charge is 2.09. The van der Waals surface area contributed by atoms with Crippen molar-refractivity contribution in [2.75, 3.05) is 0 Å². The number of rotatable bonds is 4. The van der Waals surface area contributed by atoms with Crippen molar-refractivity contribution < 1.29 is 18.6 Å². The predicted octanol–water partition coefficient (Wildman–Crippen LogP) is 3.60. The third kappa shape index (κ3) is 3.26. The SMILES string of the molecule is CCC(O)c1ccc(Oc2ccc(F)cc2F)cn1. The summed E-state index contributed by atoms with van der Waals surface area (Å²) < 4.78 is 31.4. The van der Waals surface area contributed by atoms with Gasteiger partial charge in [0, 0.05) is 6.07 Å². The van der Waals surface area contributed by atoms with Gasteiger partial charge in [-0.05, 0) is 30.7 Å². The number of aliphatic hydroxyl groups is 1. The molecule has 2 aromatic rings. The molecule has 0 saturated heterocycles. The molecule has 2 rings (SSSR count). The fraction of sp³-hybridized carbons (Fsp3) is 0.214. The van der Waals surface area contributed by atoms with E-state index in [1.54, 1.807) is 12.1 Å². The molecule has 0 fully saturated rings. The molecule has 0 saturated carbocycles. The molecule has 5 heteroatoms. The maximum atomic E-state index is 13.4. The van der Waals surface area contributed by atoms with Crippen LogP contribution in [-0.2, 0) is 0 Å². The molecule has 1 aromatic heterocycles. The molecule has 0 aliphatic carbocycles. The van der Waals surface area contributed by atoms with Gasteiger partial charge in [0.2, 0.25) is 0 Å². The van der Waals surface area contributed by atoms with E-state index in [-0.39, 0.29) is 5.75 Å². The highest BCUT2D eigenvalue weighted by atomic mass is 19.1. The lowest BCUT2D eigenvalue weighted by atomic mass is 10.2. The van der Waals surface area contributed by atoms with Gasteiger partial charge in [0.25, 0.3) is 0 Å². The second-order valence-corrected chi connectivity index (χ2v) is 4.02. The number of hydrogen-bond acceptors (Lipinski definition) is 3. The van der Waals surface area contributed by atoms with Crippen molar-refractivity contribution in [3.8, 4) is 11.5 Å². The molecule has 1 atom stereocenters. The van der Waals surface area contributed by atoms with Crippen LogP contribution in [0.25, 0.3) is 0 Å². The molecule has 1 heterocycles. The topological polar surface area (TPSA) is 42.4 Å². The van der Waals surface area contributed by atoms with Crippen molar-refractivity contribution in [1.29, 1.82) is 0 Å². The summed E-state index contributed by atoms with van der Waals surface area (Å²) in [5, 5.41) is 9.58. The van der Waals surface area contributed by atoms with Crippen molar-refractivity contribution in [3.63, 3.8) is 0 Å². The Kier molecular flexibility index (Phi) is 4.06. The zero-order valence-electron chi connectivity index (χ0n) is 10.3. The van der Waals surface area contributed by atoms with E-state index >= 15 is 0 Å². The van der Waals surface area contributed by atoms with Gasteiger partial charge in [-0.2, -0.15) is 0 Å². The van der Waals surface area contributed by atoms with Crippen LogP contribution in [0.5, 0.6) is 11.5 Å². The molecule has 0 amide bonds. The summed E-state index contributed by atoms with van der Waals surface area (Å²) in [4.78, 5) is 4.02. The molecular formula is C14H13F2NO2. The van der Waals surface area contributed by atoms with E-state index < -0.39 is 17.7 Å². The van der Waals surface area contributed by atoms with Gasteiger partial charge in [-0.25, -0.2) is 8.78 Å². The number of ether oxygens (including phenoxy) is 1. The molecule has 100 valence electrons. The zero-order valence-corrected chi connectivity index (χ0v) is 10.3. The normalized spacial score (nSPS) is 12.2. The number of nitrogens with zero attached hydrogens (tertiary/aromatic N) is 1. The first-order valence-corrected chi connectivity index (χ1v) is 5.87. The zero-order chi connectivity index (χ0) is 13.8. The first-order chi connectivity index (χ1) is 9.10. The number of hydrogen-bond donors (Lipinski definition) is 1. The number of benzene rings is 1. The summed E-state index contributed by atoms with van der Waals surface area (Å²) in [7, 11) is 0. The van der Waals surface area contributed by atoms with E-state index in [9.17, 15) is 13.9 Å². The lowest BCUT2D eigenvalue weighted by Gasteiger charge is -2.09. The maximum Gasteiger partial charge on any atom is 0.168 e. The van der Waals surface area contributed by atoms with Crippen molar-refractivity contribution in [3.05, 3.63) is 53.9 Å².